The molecule has 0 radical (unpaired) electrons. The first kappa shape index (κ1) is 14.5. The fraction of sp³-hybridized carbons (Fsp3) is 0.647. The first-order chi connectivity index (χ1) is 10.1. The van der Waals surface area contributed by atoms with Crippen molar-refractivity contribution in [1.29, 1.82) is 0 Å². The van der Waals surface area contributed by atoms with Gasteiger partial charge in [0.15, 0.2) is 5.78 Å². The molecule has 2 heterocycles. The van der Waals surface area contributed by atoms with Crippen LogP contribution >= 0.6 is 0 Å². The third-order valence-corrected chi connectivity index (χ3v) is 5.11. The van der Waals surface area contributed by atoms with E-state index in [0.717, 1.165) is 44.3 Å². The van der Waals surface area contributed by atoms with E-state index in [4.69, 9.17) is 5.73 Å². The highest BCUT2D eigenvalue weighted by Gasteiger charge is 2.46. The van der Waals surface area contributed by atoms with Gasteiger partial charge < -0.3 is 5.73 Å². The van der Waals surface area contributed by atoms with Gasteiger partial charge in [0.2, 0.25) is 0 Å². The van der Waals surface area contributed by atoms with Crippen LogP contribution in [0.25, 0.3) is 0 Å². The Morgan fingerprint density at radius 1 is 1.19 bits per heavy atom. The number of ketones is 1. The Hall–Kier alpha value is -1.42. The Balaban J connectivity index is 1.96. The summed E-state index contributed by atoms with van der Waals surface area (Å²) in [6, 6.07) is 1.91. The van der Waals surface area contributed by atoms with Crippen molar-refractivity contribution in [3.05, 3.63) is 23.4 Å². The number of carbonyl (C=O) groups excluding carboxylic acids is 1. The summed E-state index contributed by atoms with van der Waals surface area (Å²) < 4.78 is 0. The van der Waals surface area contributed by atoms with Crippen molar-refractivity contribution in [3.63, 3.8) is 0 Å². The zero-order valence-electron chi connectivity index (χ0n) is 12.9. The normalized spacial score (nSPS) is 22.3. The number of likely N-dealkylation sites (tertiary alicyclic amines) is 1. The van der Waals surface area contributed by atoms with Gasteiger partial charge in [-0.1, -0.05) is 19.3 Å². The van der Waals surface area contributed by atoms with Crippen LogP contribution in [-0.4, -0.2) is 34.3 Å². The highest BCUT2D eigenvalue weighted by Crippen LogP contribution is 2.40. The summed E-state index contributed by atoms with van der Waals surface area (Å²) in [5, 5.41) is 0. The molecule has 0 aromatic carbocycles. The van der Waals surface area contributed by atoms with Gasteiger partial charge in [0, 0.05) is 6.20 Å². The van der Waals surface area contributed by atoms with Crippen LogP contribution in [0.2, 0.25) is 0 Å². The molecule has 0 atom stereocenters. The molecule has 1 aromatic heterocycles. The smallest absolute Gasteiger partial charge is 0.186 e. The number of hydrogen-bond acceptors (Lipinski definition) is 4. The molecule has 4 nitrogen and oxygen atoms in total. The standard InChI is InChI=1S/C17H25N3O/c1-13-11-14(16(18)19-12-13)15(21)17(7-3-4-8-17)20-9-5-2-6-10-20/h11-12H,2-10H2,1H3,(H2,18,19). The van der Waals surface area contributed by atoms with Crippen molar-refractivity contribution >= 4 is 11.6 Å². The van der Waals surface area contributed by atoms with E-state index in [-0.39, 0.29) is 11.3 Å². The van der Waals surface area contributed by atoms with E-state index >= 15 is 0 Å². The minimum Gasteiger partial charge on any atom is -0.383 e. The van der Waals surface area contributed by atoms with Crippen molar-refractivity contribution in [3.8, 4) is 0 Å². The second-order valence-corrected chi connectivity index (χ2v) is 6.56. The van der Waals surface area contributed by atoms with Gasteiger partial charge in [-0.15, -0.1) is 0 Å². The summed E-state index contributed by atoms with van der Waals surface area (Å²) in [7, 11) is 0. The zero-order chi connectivity index (χ0) is 14.9. The van der Waals surface area contributed by atoms with E-state index in [9.17, 15) is 4.79 Å². The van der Waals surface area contributed by atoms with E-state index in [1.54, 1.807) is 6.20 Å². The quantitative estimate of drug-likeness (QED) is 0.868. The molecule has 2 fully saturated rings. The number of hydrogen-bond donors (Lipinski definition) is 1. The third-order valence-electron chi connectivity index (χ3n) is 5.11. The zero-order valence-corrected chi connectivity index (χ0v) is 12.9. The van der Waals surface area contributed by atoms with Gasteiger partial charge in [-0.2, -0.15) is 0 Å². The number of piperidine rings is 1. The maximum atomic E-state index is 13.3. The number of aryl methyl sites for hydroxylation is 1. The molecule has 2 aliphatic rings. The molecular weight excluding hydrogens is 262 g/mol. The molecule has 0 bridgehead atoms. The molecule has 1 saturated carbocycles. The van der Waals surface area contributed by atoms with Gasteiger partial charge in [0.25, 0.3) is 0 Å². The Morgan fingerprint density at radius 3 is 2.52 bits per heavy atom. The number of aromatic nitrogens is 1. The second-order valence-electron chi connectivity index (χ2n) is 6.56. The van der Waals surface area contributed by atoms with Crippen LogP contribution < -0.4 is 5.73 Å². The summed E-state index contributed by atoms with van der Waals surface area (Å²) in [6.45, 7) is 4.06. The summed E-state index contributed by atoms with van der Waals surface area (Å²) in [5.74, 6) is 0.587. The second kappa shape index (κ2) is 5.76. The molecule has 0 unspecified atom stereocenters. The number of nitrogen functional groups attached to an aromatic ring is 1. The number of Topliss-reactive ketones (excluding diaryl/α,β-unsaturated/α-hetero) is 1. The minimum atomic E-state index is -0.315. The predicted octanol–water partition coefficient (Wildman–Crippen LogP) is 2.95. The lowest BCUT2D eigenvalue weighted by Gasteiger charge is -2.42. The topological polar surface area (TPSA) is 59.2 Å². The number of anilines is 1. The molecule has 3 rings (SSSR count). The maximum absolute atomic E-state index is 13.3. The Kier molecular flexibility index (Phi) is 3.98. The third kappa shape index (κ3) is 2.57. The molecule has 1 aromatic rings. The van der Waals surface area contributed by atoms with Gasteiger partial charge in [0.1, 0.15) is 5.82 Å². The van der Waals surface area contributed by atoms with E-state index < -0.39 is 0 Å². The highest BCUT2D eigenvalue weighted by atomic mass is 16.1. The molecule has 1 aliphatic carbocycles. The molecule has 0 amide bonds. The largest absolute Gasteiger partial charge is 0.383 e. The molecule has 114 valence electrons. The van der Waals surface area contributed by atoms with Gasteiger partial charge in [-0.3, -0.25) is 9.69 Å². The van der Waals surface area contributed by atoms with Gasteiger partial charge in [-0.25, -0.2) is 4.98 Å². The first-order valence-corrected chi connectivity index (χ1v) is 8.15. The van der Waals surface area contributed by atoms with Crippen LogP contribution in [0.1, 0.15) is 60.9 Å². The van der Waals surface area contributed by atoms with Crippen molar-refractivity contribution < 1.29 is 4.79 Å². The number of nitrogens with zero attached hydrogens (tertiary/aromatic N) is 2. The highest BCUT2D eigenvalue weighted by molar-refractivity contribution is 6.06. The van der Waals surface area contributed by atoms with Gasteiger partial charge >= 0.3 is 0 Å². The van der Waals surface area contributed by atoms with E-state index in [2.05, 4.69) is 9.88 Å². The van der Waals surface area contributed by atoms with E-state index in [1.807, 2.05) is 13.0 Å². The van der Waals surface area contributed by atoms with Crippen LogP contribution in [0.3, 0.4) is 0 Å². The van der Waals surface area contributed by atoms with E-state index in [0.29, 0.717) is 11.4 Å². The van der Waals surface area contributed by atoms with Crippen molar-refractivity contribution in [1.82, 2.24) is 9.88 Å². The summed E-state index contributed by atoms with van der Waals surface area (Å²) in [4.78, 5) is 19.9. The summed E-state index contributed by atoms with van der Waals surface area (Å²) >= 11 is 0. The van der Waals surface area contributed by atoms with Crippen LogP contribution in [-0.2, 0) is 0 Å². The fourth-order valence-corrected chi connectivity index (χ4v) is 3.98. The van der Waals surface area contributed by atoms with Crippen LogP contribution in [0, 0.1) is 6.92 Å². The van der Waals surface area contributed by atoms with Gasteiger partial charge in [-0.05, 0) is 57.3 Å². The first-order valence-electron chi connectivity index (χ1n) is 8.15. The Morgan fingerprint density at radius 2 is 1.86 bits per heavy atom. The number of nitrogens with two attached hydrogens (primary N) is 1. The lowest BCUT2D eigenvalue weighted by molar-refractivity contribution is 0.0478. The fourth-order valence-electron chi connectivity index (χ4n) is 3.98. The molecule has 2 N–H and O–H groups in total. The number of pyridine rings is 1. The maximum Gasteiger partial charge on any atom is 0.186 e. The molecular formula is C17H25N3O. The average molecular weight is 287 g/mol. The summed E-state index contributed by atoms with van der Waals surface area (Å²) in [6.07, 6.45) is 9.65. The van der Waals surface area contributed by atoms with Crippen LogP contribution in [0.4, 0.5) is 5.82 Å². The van der Waals surface area contributed by atoms with Gasteiger partial charge in [0.05, 0.1) is 11.1 Å². The molecule has 0 spiro atoms. The lowest BCUT2D eigenvalue weighted by Crippen LogP contribution is -2.54. The molecule has 4 heteroatoms. The monoisotopic (exact) mass is 287 g/mol. The minimum absolute atomic E-state index is 0.204. The Bertz CT molecular complexity index is 529. The average Bonchev–Trinajstić information content (AvgIpc) is 3.01. The summed E-state index contributed by atoms with van der Waals surface area (Å²) in [5.41, 5.74) is 7.31. The van der Waals surface area contributed by atoms with Crippen LogP contribution in [0.15, 0.2) is 12.3 Å². The van der Waals surface area contributed by atoms with Crippen LogP contribution in [0.5, 0.6) is 0 Å². The number of rotatable bonds is 3. The SMILES string of the molecule is Cc1cnc(N)c(C(=O)C2(N3CCCCC3)CCCC2)c1. The molecule has 1 saturated heterocycles. The van der Waals surface area contributed by atoms with Crippen molar-refractivity contribution in [2.75, 3.05) is 18.8 Å². The predicted molar refractivity (Wildman–Crippen MR) is 84.3 cm³/mol. The van der Waals surface area contributed by atoms with Crippen molar-refractivity contribution in [2.24, 2.45) is 0 Å². The number of carbonyl (C=O) groups is 1. The molecule has 1 aliphatic heterocycles. The van der Waals surface area contributed by atoms with E-state index in [1.165, 1.54) is 19.3 Å². The lowest BCUT2D eigenvalue weighted by atomic mass is 9.84. The van der Waals surface area contributed by atoms with Crippen molar-refractivity contribution in [2.45, 2.75) is 57.4 Å². The Labute approximate surface area is 126 Å². The molecule has 21 heavy (non-hydrogen) atoms.